The highest BCUT2D eigenvalue weighted by Gasteiger charge is 2.50. The Balaban J connectivity index is 0.00000192. The predicted molar refractivity (Wildman–Crippen MR) is 84.3 cm³/mol. The SMILES string of the molecule is C[N+]1(C)[C@@H]2CC[C@H]1CC(OC(=O)[C@H](CO)c1ccccc1)C2.[Br-]. The van der Waals surface area contributed by atoms with Crippen molar-refractivity contribution in [3.8, 4) is 0 Å². The normalized spacial score (nSPS) is 29.4. The van der Waals surface area contributed by atoms with Crippen LogP contribution in [0.5, 0.6) is 0 Å². The molecule has 1 aromatic carbocycles. The van der Waals surface area contributed by atoms with E-state index in [-0.39, 0.29) is 35.7 Å². The molecular weight excluding hydrogens is 358 g/mol. The minimum atomic E-state index is -0.566. The molecule has 2 saturated heterocycles. The highest BCUT2D eigenvalue weighted by Crippen LogP contribution is 2.40. The average molecular weight is 384 g/mol. The van der Waals surface area contributed by atoms with Crippen LogP contribution in [0.2, 0.25) is 0 Å². The molecule has 0 aliphatic carbocycles. The van der Waals surface area contributed by atoms with E-state index < -0.39 is 5.92 Å². The van der Waals surface area contributed by atoms with E-state index in [1.807, 2.05) is 30.3 Å². The van der Waals surface area contributed by atoms with Crippen LogP contribution in [0.15, 0.2) is 30.3 Å². The molecule has 2 aliphatic heterocycles. The molecule has 2 bridgehead atoms. The molecule has 1 N–H and O–H groups in total. The van der Waals surface area contributed by atoms with E-state index in [0.717, 1.165) is 22.9 Å². The molecule has 4 atom stereocenters. The lowest BCUT2D eigenvalue weighted by Crippen LogP contribution is -3.00. The summed E-state index contributed by atoms with van der Waals surface area (Å²) in [6.45, 7) is -0.204. The molecule has 2 heterocycles. The van der Waals surface area contributed by atoms with Crippen molar-refractivity contribution in [2.24, 2.45) is 0 Å². The predicted octanol–water partition coefficient (Wildman–Crippen LogP) is -0.920. The van der Waals surface area contributed by atoms with Gasteiger partial charge in [-0.25, -0.2) is 0 Å². The first-order valence-electron chi connectivity index (χ1n) is 8.22. The zero-order valence-electron chi connectivity index (χ0n) is 13.8. The fraction of sp³-hybridized carbons (Fsp3) is 0.611. The highest BCUT2D eigenvalue weighted by molar-refractivity contribution is 5.78. The molecule has 0 saturated carbocycles. The lowest BCUT2D eigenvalue weighted by atomic mass is 9.96. The molecule has 2 fully saturated rings. The van der Waals surface area contributed by atoms with Gasteiger partial charge in [-0.2, -0.15) is 0 Å². The van der Waals surface area contributed by atoms with Crippen LogP contribution in [0, 0.1) is 0 Å². The van der Waals surface area contributed by atoms with Crippen LogP contribution in [0.25, 0.3) is 0 Å². The van der Waals surface area contributed by atoms with Crippen molar-refractivity contribution in [2.75, 3.05) is 20.7 Å². The van der Waals surface area contributed by atoms with Gasteiger partial charge in [-0.15, -0.1) is 0 Å². The smallest absolute Gasteiger partial charge is 0.316 e. The van der Waals surface area contributed by atoms with Crippen LogP contribution in [0.4, 0.5) is 0 Å². The van der Waals surface area contributed by atoms with E-state index in [2.05, 4.69) is 14.1 Å². The summed E-state index contributed by atoms with van der Waals surface area (Å²) in [4.78, 5) is 12.5. The monoisotopic (exact) mass is 383 g/mol. The van der Waals surface area contributed by atoms with Gasteiger partial charge >= 0.3 is 5.97 Å². The Bertz CT molecular complexity index is 518. The number of halogens is 1. The maximum atomic E-state index is 12.5. The number of hydrogen-bond donors (Lipinski definition) is 1. The molecule has 3 rings (SSSR count). The number of carbonyl (C=O) groups excluding carboxylic acids is 1. The summed E-state index contributed by atoms with van der Waals surface area (Å²) in [5, 5.41) is 9.57. The van der Waals surface area contributed by atoms with Crippen molar-refractivity contribution < 1.29 is 36.1 Å². The van der Waals surface area contributed by atoms with Gasteiger partial charge in [-0.05, 0) is 5.56 Å². The van der Waals surface area contributed by atoms with Gasteiger partial charge in [0.15, 0.2) is 0 Å². The second-order valence-electron chi connectivity index (χ2n) is 7.19. The molecule has 4 nitrogen and oxygen atoms in total. The number of rotatable bonds is 4. The Labute approximate surface area is 148 Å². The molecule has 23 heavy (non-hydrogen) atoms. The summed E-state index contributed by atoms with van der Waals surface area (Å²) in [5.41, 5.74) is 0.824. The first kappa shape index (κ1) is 18.4. The summed E-state index contributed by atoms with van der Waals surface area (Å²) in [7, 11) is 4.59. The van der Waals surface area contributed by atoms with Crippen LogP contribution in [0.3, 0.4) is 0 Å². The Hall–Kier alpha value is -0.910. The molecule has 0 spiro atoms. The van der Waals surface area contributed by atoms with Crippen molar-refractivity contribution in [3.05, 3.63) is 35.9 Å². The zero-order valence-corrected chi connectivity index (χ0v) is 15.4. The van der Waals surface area contributed by atoms with Crippen LogP contribution in [-0.4, -0.2) is 54.4 Å². The number of quaternary nitrogens is 1. The van der Waals surface area contributed by atoms with Gasteiger partial charge in [0.2, 0.25) is 0 Å². The third-order valence-corrected chi connectivity index (χ3v) is 5.74. The number of nitrogens with zero attached hydrogens (tertiary/aromatic N) is 1. The summed E-state index contributed by atoms with van der Waals surface area (Å²) < 4.78 is 6.83. The molecule has 0 aromatic heterocycles. The molecule has 2 aliphatic rings. The molecule has 0 amide bonds. The number of aliphatic hydroxyl groups excluding tert-OH is 1. The maximum absolute atomic E-state index is 12.5. The fourth-order valence-electron chi connectivity index (χ4n) is 4.17. The Kier molecular flexibility index (Phi) is 5.87. The number of carbonyl (C=O) groups is 1. The van der Waals surface area contributed by atoms with E-state index in [4.69, 9.17) is 4.74 Å². The third kappa shape index (κ3) is 3.62. The van der Waals surface area contributed by atoms with Crippen molar-refractivity contribution in [2.45, 2.75) is 49.8 Å². The number of hydrogen-bond acceptors (Lipinski definition) is 3. The second kappa shape index (κ2) is 7.32. The Morgan fingerprint density at radius 1 is 1.22 bits per heavy atom. The minimum absolute atomic E-state index is 0. The molecular formula is C18H26BrNO3. The van der Waals surface area contributed by atoms with Gasteiger partial charge < -0.3 is 31.3 Å². The van der Waals surface area contributed by atoms with E-state index >= 15 is 0 Å². The number of fused-ring (bicyclic) bond motifs is 2. The quantitative estimate of drug-likeness (QED) is 0.540. The van der Waals surface area contributed by atoms with Gasteiger partial charge in [0.05, 0.1) is 32.8 Å². The van der Waals surface area contributed by atoms with E-state index in [9.17, 15) is 9.90 Å². The highest BCUT2D eigenvalue weighted by atomic mass is 79.9. The number of benzene rings is 1. The summed E-state index contributed by atoms with van der Waals surface area (Å²) in [6, 6.07) is 10.6. The topological polar surface area (TPSA) is 46.5 Å². The molecule has 1 aromatic rings. The largest absolute Gasteiger partial charge is 1.00 e. The number of ether oxygens (including phenoxy) is 1. The fourth-order valence-corrected chi connectivity index (χ4v) is 4.17. The minimum Gasteiger partial charge on any atom is -1.00 e. The second-order valence-corrected chi connectivity index (χ2v) is 7.19. The first-order valence-corrected chi connectivity index (χ1v) is 8.22. The number of aliphatic hydroxyl groups is 1. The standard InChI is InChI=1S/C18H26NO3.BrH/c1-19(2)14-8-9-15(19)11-16(10-14)22-18(21)17(12-20)13-6-4-3-5-7-13;/h3-7,14-17,20H,8-12H2,1-2H3;1H/q+1;/p-1/t14-,15+,16?,17-;/m1./s1. The van der Waals surface area contributed by atoms with Crippen molar-refractivity contribution in [1.29, 1.82) is 0 Å². The van der Waals surface area contributed by atoms with Crippen LogP contribution in [-0.2, 0) is 9.53 Å². The van der Waals surface area contributed by atoms with Gasteiger partial charge in [-0.1, -0.05) is 30.3 Å². The van der Waals surface area contributed by atoms with Crippen molar-refractivity contribution in [1.82, 2.24) is 0 Å². The molecule has 0 radical (unpaired) electrons. The first-order chi connectivity index (χ1) is 10.5. The zero-order chi connectivity index (χ0) is 15.7. The van der Waals surface area contributed by atoms with Crippen LogP contribution < -0.4 is 17.0 Å². The van der Waals surface area contributed by atoms with E-state index in [1.54, 1.807) is 0 Å². The third-order valence-electron chi connectivity index (χ3n) is 5.74. The molecule has 5 heteroatoms. The Morgan fingerprint density at radius 3 is 2.30 bits per heavy atom. The number of piperidine rings is 1. The molecule has 128 valence electrons. The van der Waals surface area contributed by atoms with Crippen LogP contribution >= 0.6 is 0 Å². The average Bonchev–Trinajstić information content (AvgIpc) is 2.68. The lowest BCUT2D eigenvalue weighted by molar-refractivity contribution is -0.931. The summed E-state index contributed by atoms with van der Waals surface area (Å²) >= 11 is 0. The van der Waals surface area contributed by atoms with Gasteiger partial charge in [-0.3, -0.25) is 4.79 Å². The molecule has 1 unspecified atom stereocenters. The van der Waals surface area contributed by atoms with Crippen molar-refractivity contribution >= 4 is 5.97 Å². The summed E-state index contributed by atoms with van der Waals surface area (Å²) in [5.74, 6) is -0.853. The lowest BCUT2D eigenvalue weighted by Gasteiger charge is -2.44. The van der Waals surface area contributed by atoms with Gasteiger partial charge in [0, 0.05) is 25.7 Å². The van der Waals surface area contributed by atoms with Gasteiger partial charge in [0.25, 0.3) is 0 Å². The maximum Gasteiger partial charge on any atom is 0.316 e. The Morgan fingerprint density at radius 2 is 1.78 bits per heavy atom. The van der Waals surface area contributed by atoms with Gasteiger partial charge in [0.1, 0.15) is 12.0 Å². The van der Waals surface area contributed by atoms with Crippen LogP contribution in [0.1, 0.15) is 37.2 Å². The van der Waals surface area contributed by atoms with E-state index in [0.29, 0.717) is 12.1 Å². The van der Waals surface area contributed by atoms with E-state index in [1.165, 1.54) is 12.8 Å². The number of esters is 1. The van der Waals surface area contributed by atoms with Crippen molar-refractivity contribution in [3.63, 3.8) is 0 Å². The summed E-state index contributed by atoms with van der Waals surface area (Å²) in [6.07, 6.45) is 4.36.